The molecule has 0 aromatic carbocycles. The Morgan fingerprint density at radius 2 is 1.96 bits per heavy atom. The highest BCUT2D eigenvalue weighted by molar-refractivity contribution is 5.75. The van der Waals surface area contributed by atoms with E-state index in [1.165, 1.54) is 51.5 Å². The Hall–Kier alpha value is -1.75. The standard InChI is InChI=1S/C19H26N4O/c24-19-17-13-20-10-8-18(17)21-14-22(19)12-9-16-7-3-4-11-23(16)15-5-1-2-6-15/h8,10,13-16H,1-7,9,11-12H2/t16-/m0/s1. The lowest BCUT2D eigenvalue weighted by atomic mass is 9.96. The smallest absolute Gasteiger partial charge is 0.262 e. The first-order chi connectivity index (χ1) is 11.8. The first-order valence-corrected chi connectivity index (χ1v) is 9.38. The molecule has 0 radical (unpaired) electrons. The highest BCUT2D eigenvalue weighted by Crippen LogP contribution is 2.30. The van der Waals surface area contributed by atoms with Crippen LogP contribution in [-0.4, -0.2) is 38.1 Å². The molecule has 1 atom stereocenters. The van der Waals surface area contributed by atoms with Crippen LogP contribution < -0.4 is 5.56 Å². The third-order valence-electron chi connectivity index (χ3n) is 5.80. The molecule has 128 valence electrons. The molecule has 0 unspecified atom stereocenters. The molecule has 5 heteroatoms. The van der Waals surface area contributed by atoms with Gasteiger partial charge in [-0.05, 0) is 44.7 Å². The number of piperidine rings is 1. The first kappa shape index (κ1) is 15.8. The molecule has 0 N–H and O–H groups in total. The summed E-state index contributed by atoms with van der Waals surface area (Å²) in [6, 6.07) is 3.20. The van der Waals surface area contributed by atoms with Crippen molar-refractivity contribution in [1.82, 2.24) is 19.4 Å². The number of nitrogens with zero attached hydrogens (tertiary/aromatic N) is 4. The van der Waals surface area contributed by atoms with Crippen LogP contribution >= 0.6 is 0 Å². The maximum Gasteiger partial charge on any atom is 0.262 e. The molecule has 2 aromatic rings. The summed E-state index contributed by atoms with van der Waals surface area (Å²) in [5, 5.41) is 0.622. The maximum atomic E-state index is 12.6. The van der Waals surface area contributed by atoms with Gasteiger partial charge < -0.3 is 0 Å². The van der Waals surface area contributed by atoms with Crippen molar-refractivity contribution in [3.63, 3.8) is 0 Å². The summed E-state index contributed by atoms with van der Waals surface area (Å²) >= 11 is 0. The second-order valence-corrected chi connectivity index (χ2v) is 7.25. The number of rotatable bonds is 4. The van der Waals surface area contributed by atoms with Crippen LogP contribution in [-0.2, 0) is 6.54 Å². The molecule has 0 amide bonds. The van der Waals surface area contributed by atoms with Gasteiger partial charge in [0.25, 0.3) is 5.56 Å². The second-order valence-electron chi connectivity index (χ2n) is 7.25. The zero-order valence-electron chi connectivity index (χ0n) is 14.2. The van der Waals surface area contributed by atoms with Crippen molar-refractivity contribution in [3.05, 3.63) is 35.1 Å². The van der Waals surface area contributed by atoms with Gasteiger partial charge in [-0.15, -0.1) is 0 Å². The van der Waals surface area contributed by atoms with E-state index in [0.29, 0.717) is 11.4 Å². The molecule has 4 rings (SSSR count). The third-order valence-corrected chi connectivity index (χ3v) is 5.80. The number of hydrogen-bond acceptors (Lipinski definition) is 4. The number of aromatic nitrogens is 3. The van der Waals surface area contributed by atoms with E-state index < -0.39 is 0 Å². The third kappa shape index (κ3) is 3.09. The quantitative estimate of drug-likeness (QED) is 0.867. The van der Waals surface area contributed by atoms with Gasteiger partial charge in [-0.1, -0.05) is 19.3 Å². The van der Waals surface area contributed by atoms with E-state index in [-0.39, 0.29) is 5.56 Å². The number of fused-ring (bicyclic) bond motifs is 1. The molecule has 0 bridgehead atoms. The maximum absolute atomic E-state index is 12.6. The Balaban J connectivity index is 1.49. The van der Waals surface area contributed by atoms with Crippen molar-refractivity contribution in [2.45, 2.75) is 70.0 Å². The molecule has 3 heterocycles. The summed E-state index contributed by atoms with van der Waals surface area (Å²) in [5.74, 6) is 0. The lowest BCUT2D eigenvalue weighted by molar-refractivity contribution is 0.0880. The average Bonchev–Trinajstić information content (AvgIpc) is 3.16. The lowest BCUT2D eigenvalue weighted by Crippen LogP contribution is -2.45. The van der Waals surface area contributed by atoms with Gasteiger partial charge in [0.05, 0.1) is 17.2 Å². The highest BCUT2D eigenvalue weighted by atomic mass is 16.1. The fourth-order valence-electron chi connectivity index (χ4n) is 4.50. The number of hydrogen-bond donors (Lipinski definition) is 0. The van der Waals surface area contributed by atoms with Gasteiger partial charge in [-0.25, -0.2) is 4.98 Å². The number of likely N-dealkylation sites (tertiary alicyclic amines) is 1. The zero-order valence-corrected chi connectivity index (χ0v) is 14.2. The summed E-state index contributed by atoms with van der Waals surface area (Å²) < 4.78 is 1.77. The topological polar surface area (TPSA) is 51.0 Å². The monoisotopic (exact) mass is 326 g/mol. The summed E-state index contributed by atoms with van der Waals surface area (Å²) in [7, 11) is 0. The van der Waals surface area contributed by atoms with Gasteiger partial charge in [-0.2, -0.15) is 0 Å². The molecular weight excluding hydrogens is 300 g/mol. The van der Waals surface area contributed by atoms with Crippen LogP contribution in [0.4, 0.5) is 0 Å². The fourth-order valence-corrected chi connectivity index (χ4v) is 4.50. The summed E-state index contributed by atoms with van der Waals surface area (Å²) in [6.07, 6.45) is 15.5. The lowest BCUT2D eigenvalue weighted by Gasteiger charge is -2.40. The Morgan fingerprint density at radius 1 is 1.12 bits per heavy atom. The molecule has 1 saturated carbocycles. The Bertz CT molecular complexity index is 750. The molecule has 2 aromatic heterocycles. The molecular formula is C19H26N4O. The van der Waals surface area contributed by atoms with E-state index >= 15 is 0 Å². The summed E-state index contributed by atoms with van der Waals surface area (Å²) in [5.41, 5.74) is 0.771. The van der Waals surface area contributed by atoms with Crippen LogP contribution in [0.3, 0.4) is 0 Å². The van der Waals surface area contributed by atoms with Crippen LogP contribution in [0.15, 0.2) is 29.6 Å². The minimum atomic E-state index is 0.0383. The Morgan fingerprint density at radius 3 is 2.83 bits per heavy atom. The minimum absolute atomic E-state index is 0.0383. The van der Waals surface area contributed by atoms with E-state index in [2.05, 4.69) is 14.9 Å². The minimum Gasteiger partial charge on any atom is -0.299 e. The number of pyridine rings is 1. The largest absolute Gasteiger partial charge is 0.299 e. The molecule has 0 spiro atoms. The Labute approximate surface area is 142 Å². The van der Waals surface area contributed by atoms with E-state index in [4.69, 9.17) is 0 Å². The highest BCUT2D eigenvalue weighted by Gasteiger charge is 2.30. The average molecular weight is 326 g/mol. The SMILES string of the molecule is O=c1c2cnccc2ncn1CC[C@@H]1CCCCN1C1CCCC1. The molecule has 2 aliphatic rings. The van der Waals surface area contributed by atoms with Gasteiger partial charge in [0.1, 0.15) is 0 Å². The molecule has 1 aliphatic heterocycles. The molecule has 24 heavy (non-hydrogen) atoms. The van der Waals surface area contributed by atoms with Crippen LogP contribution in [0.1, 0.15) is 51.4 Å². The van der Waals surface area contributed by atoms with Crippen molar-refractivity contribution < 1.29 is 0 Å². The predicted octanol–water partition coefficient (Wildman–Crippen LogP) is 2.98. The molecule has 5 nitrogen and oxygen atoms in total. The van der Waals surface area contributed by atoms with E-state index in [9.17, 15) is 4.79 Å². The fraction of sp³-hybridized carbons (Fsp3) is 0.632. The van der Waals surface area contributed by atoms with Crippen LogP contribution in [0, 0.1) is 0 Å². The summed E-state index contributed by atoms with van der Waals surface area (Å²) in [6.45, 7) is 1.99. The van der Waals surface area contributed by atoms with Gasteiger partial charge in [0, 0.05) is 31.0 Å². The Kier molecular flexibility index (Phi) is 4.60. The molecule has 1 aliphatic carbocycles. The first-order valence-electron chi connectivity index (χ1n) is 9.38. The van der Waals surface area contributed by atoms with Crippen LogP contribution in [0.5, 0.6) is 0 Å². The summed E-state index contributed by atoms with van der Waals surface area (Å²) in [4.78, 5) is 23.8. The number of aryl methyl sites for hydroxylation is 1. The van der Waals surface area contributed by atoms with Crippen LogP contribution in [0.2, 0.25) is 0 Å². The molecule has 2 fully saturated rings. The predicted molar refractivity (Wildman–Crippen MR) is 95.0 cm³/mol. The van der Waals surface area contributed by atoms with E-state index in [0.717, 1.165) is 24.5 Å². The van der Waals surface area contributed by atoms with E-state index in [1.54, 1.807) is 29.4 Å². The second kappa shape index (κ2) is 7.01. The van der Waals surface area contributed by atoms with Crippen molar-refractivity contribution in [2.24, 2.45) is 0 Å². The van der Waals surface area contributed by atoms with Crippen molar-refractivity contribution in [3.8, 4) is 0 Å². The van der Waals surface area contributed by atoms with Gasteiger partial charge >= 0.3 is 0 Å². The van der Waals surface area contributed by atoms with Gasteiger partial charge in [0.2, 0.25) is 0 Å². The van der Waals surface area contributed by atoms with Gasteiger partial charge in [-0.3, -0.25) is 19.2 Å². The van der Waals surface area contributed by atoms with E-state index in [1.807, 2.05) is 0 Å². The van der Waals surface area contributed by atoms with Crippen molar-refractivity contribution in [1.29, 1.82) is 0 Å². The van der Waals surface area contributed by atoms with Gasteiger partial charge in [0.15, 0.2) is 0 Å². The van der Waals surface area contributed by atoms with Crippen LogP contribution in [0.25, 0.3) is 10.9 Å². The zero-order chi connectivity index (χ0) is 16.4. The van der Waals surface area contributed by atoms with Crippen molar-refractivity contribution >= 4 is 10.9 Å². The normalized spacial score (nSPS) is 23.1. The van der Waals surface area contributed by atoms with Crippen molar-refractivity contribution in [2.75, 3.05) is 6.54 Å². The molecule has 1 saturated heterocycles.